The lowest BCUT2D eigenvalue weighted by atomic mass is 9.75. The van der Waals surface area contributed by atoms with Crippen LogP contribution in [0.1, 0.15) is 50.3 Å². The minimum atomic E-state index is 0.485. The van der Waals surface area contributed by atoms with Crippen LogP contribution in [0.25, 0.3) is 0 Å². The molecule has 1 aliphatic heterocycles. The van der Waals surface area contributed by atoms with Crippen LogP contribution in [0.3, 0.4) is 0 Å². The summed E-state index contributed by atoms with van der Waals surface area (Å²) in [4.78, 5) is 4.70. The molecule has 1 aliphatic carbocycles. The molecule has 3 heteroatoms. The monoisotopic (exact) mass is 288 g/mol. The van der Waals surface area contributed by atoms with Crippen molar-refractivity contribution >= 4 is 16.9 Å². The number of nitrogens with zero attached hydrogens (tertiary/aromatic N) is 1. The summed E-state index contributed by atoms with van der Waals surface area (Å²) < 4.78 is 0. The highest BCUT2D eigenvalue weighted by molar-refractivity contribution is 8.14. The van der Waals surface area contributed by atoms with Crippen molar-refractivity contribution < 1.29 is 0 Å². The Morgan fingerprint density at radius 2 is 2.05 bits per heavy atom. The molecule has 20 heavy (non-hydrogen) atoms. The number of hydrogen-bond acceptors (Lipinski definition) is 3. The summed E-state index contributed by atoms with van der Waals surface area (Å²) in [6.07, 6.45) is 5.25. The third kappa shape index (κ3) is 3.38. The molecule has 1 fully saturated rings. The predicted molar refractivity (Wildman–Crippen MR) is 88.2 cm³/mol. The molecule has 1 N–H and O–H groups in total. The van der Waals surface area contributed by atoms with E-state index in [0.717, 1.165) is 11.7 Å². The fourth-order valence-corrected chi connectivity index (χ4v) is 4.39. The van der Waals surface area contributed by atoms with E-state index < -0.39 is 0 Å². The van der Waals surface area contributed by atoms with E-state index in [9.17, 15) is 0 Å². The predicted octanol–water partition coefficient (Wildman–Crippen LogP) is 4.39. The van der Waals surface area contributed by atoms with Crippen molar-refractivity contribution in [1.82, 2.24) is 5.32 Å². The number of benzene rings is 1. The van der Waals surface area contributed by atoms with Gasteiger partial charge in [0.25, 0.3) is 0 Å². The lowest BCUT2D eigenvalue weighted by Gasteiger charge is -2.35. The zero-order chi connectivity index (χ0) is 14.0. The quantitative estimate of drug-likeness (QED) is 0.873. The Morgan fingerprint density at radius 1 is 1.25 bits per heavy atom. The second kappa shape index (κ2) is 5.80. The molecule has 0 radical (unpaired) electrons. The Kier molecular flexibility index (Phi) is 4.06. The highest BCUT2D eigenvalue weighted by Gasteiger charge is 2.30. The first kappa shape index (κ1) is 14.0. The van der Waals surface area contributed by atoms with Crippen LogP contribution in [-0.4, -0.2) is 17.8 Å². The van der Waals surface area contributed by atoms with E-state index >= 15 is 0 Å². The number of hydrogen-bond donors (Lipinski definition) is 1. The summed E-state index contributed by atoms with van der Waals surface area (Å²) in [6.45, 7) is 5.68. The van der Waals surface area contributed by atoms with Gasteiger partial charge in [0.15, 0.2) is 5.17 Å². The maximum atomic E-state index is 4.70. The van der Waals surface area contributed by atoms with Crippen LogP contribution in [0.15, 0.2) is 35.3 Å². The first-order chi connectivity index (χ1) is 9.62. The van der Waals surface area contributed by atoms with E-state index in [4.69, 9.17) is 4.99 Å². The molecule has 1 saturated carbocycles. The zero-order valence-electron chi connectivity index (χ0n) is 12.4. The van der Waals surface area contributed by atoms with E-state index in [1.165, 1.54) is 31.2 Å². The SMILES string of the molecule is CC1(C)CCCC(NC2=NCC(c3ccccc3)S2)C1. The van der Waals surface area contributed by atoms with Gasteiger partial charge in [0, 0.05) is 6.04 Å². The summed E-state index contributed by atoms with van der Waals surface area (Å²) in [7, 11) is 0. The van der Waals surface area contributed by atoms with Gasteiger partial charge in [-0.15, -0.1) is 0 Å². The van der Waals surface area contributed by atoms with E-state index in [2.05, 4.69) is 49.5 Å². The number of amidine groups is 1. The lowest BCUT2D eigenvalue weighted by molar-refractivity contribution is 0.211. The van der Waals surface area contributed by atoms with Gasteiger partial charge in [-0.05, 0) is 30.2 Å². The number of aliphatic imine (C=N–C) groups is 1. The maximum absolute atomic E-state index is 4.70. The molecule has 0 saturated heterocycles. The van der Waals surface area contributed by atoms with Gasteiger partial charge in [-0.25, -0.2) is 0 Å². The number of rotatable bonds is 2. The average Bonchev–Trinajstić information content (AvgIpc) is 2.87. The van der Waals surface area contributed by atoms with Crippen LogP contribution < -0.4 is 5.32 Å². The molecule has 2 aliphatic rings. The Morgan fingerprint density at radius 3 is 2.80 bits per heavy atom. The van der Waals surface area contributed by atoms with Crippen LogP contribution in [-0.2, 0) is 0 Å². The fourth-order valence-electron chi connectivity index (χ4n) is 3.29. The van der Waals surface area contributed by atoms with Crippen LogP contribution in [0.5, 0.6) is 0 Å². The summed E-state index contributed by atoms with van der Waals surface area (Å²) in [5.74, 6) is 0. The molecule has 0 amide bonds. The number of thioether (sulfide) groups is 1. The van der Waals surface area contributed by atoms with Crippen LogP contribution >= 0.6 is 11.8 Å². The fraction of sp³-hybridized carbons (Fsp3) is 0.588. The standard InChI is InChI=1S/C17H24N2S/c1-17(2)10-6-9-14(11-17)19-16-18-12-15(20-16)13-7-4-3-5-8-13/h3-5,7-8,14-15H,6,9-12H2,1-2H3,(H,18,19). The van der Waals surface area contributed by atoms with E-state index in [1.807, 2.05) is 11.8 Å². The van der Waals surface area contributed by atoms with E-state index in [-0.39, 0.29) is 0 Å². The summed E-state index contributed by atoms with van der Waals surface area (Å²) in [5, 5.41) is 5.34. The molecule has 2 atom stereocenters. The van der Waals surface area contributed by atoms with Crippen LogP contribution in [0.4, 0.5) is 0 Å². The second-order valence-corrected chi connectivity index (χ2v) is 7.96. The lowest BCUT2D eigenvalue weighted by Crippen LogP contribution is -2.39. The van der Waals surface area contributed by atoms with Gasteiger partial charge in [-0.1, -0.05) is 62.4 Å². The molecule has 0 bridgehead atoms. The Bertz CT molecular complexity index is 481. The van der Waals surface area contributed by atoms with Gasteiger partial charge in [-0.2, -0.15) is 0 Å². The summed E-state index contributed by atoms with van der Waals surface area (Å²) in [6, 6.07) is 11.3. The topological polar surface area (TPSA) is 24.4 Å². The first-order valence-electron chi connectivity index (χ1n) is 7.65. The first-order valence-corrected chi connectivity index (χ1v) is 8.53. The van der Waals surface area contributed by atoms with Crippen molar-refractivity contribution in [2.45, 2.75) is 50.8 Å². The third-order valence-corrected chi connectivity index (χ3v) is 5.53. The summed E-state index contributed by atoms with van der Waals surface area (Å²) in [5.41, 5.74) is 1.88. The van der Waals surface area contributed by atoms with Crippen molar-refractivity contribution in [3.63, 3.8) is 0 Å². The Hall–Kier alpha value is -0.960. The summed E-state index contributed by atoms with van der Waals surface area (Å²) >= 11 is 1.90. The molecule has 1 aromatic rings. The highest BCUT2D eigenvalue weighted by Crippen LogP contribution is 2.37. The average molecular weight is 288 g/mol. The number of nitrogens with one attached hydrogen (secondary N) is 1. The second-order valence-electron chi connectivity index (χ2n) is 6.76. The van der Waals surface area contributed by atoms with Crippen molar-refractivity contribution in [2.24, 2.45) is 10.4 Å². The molecule has 2 nitrogen and oxygen atoms in total. The van der Waals surface area contributed by atoms with Crippen molar-refractivity contribution in [3.05, 3.63) is 35.9 Å². The molecule has 108 valence electrons. The van der Waals surface area contributed by atoms with E-state index in [1.54, 1.807) is 0 Å². The normalized spacial score (nSPS) is 29.0. The van der Waals surface area contributed by atoms with Crippen molar-refractivity contribution in [3.8, 4) is 0 Å². The van der Waals surface area contributed by atoms with Gasteiger partial charge in [0.1, 0.15) is 0 Å². The molecular weight excluding hydrogens is 264 g/mol. The molecule has 2 unspecified atom stereocenters. The van der Waals surface area contributed by atoms with Gasteiger partial charge in [0.05, 0.1) is 11.8 Å². The molecular formula is C17H24N2S. The van der Waals surface area contributed by atoms with E-state index in [0.29, 0.717) is 16.7 Å². The zero-order valence-corrected chi connectivity index (χ0v) is 13.2. The minimum absolute atomic E-state index is 0.485. The highest BCUT2D eigenvalue weighted by atomic mass is 32.2. The molecule has 1 aromatic carbocycles. The Balaban J connectivity index is 1.55. The van der Waals surface area contributed by atoms with Gasteiger partial charge in [0.2, 0.25) is 0 Å². The van der Waals surface area contributed by atoms with Gasteiger partial charge < -0.3 is 5.32 Å². The Labute approximate surface area is 126 Å². The smallest absolute Gasteiger partial charge is 0.157 e. The molecule has 0 spiro atoms. The van der Waals surface area contributed by atoms with Crippen molar-refractivity contribution in [2.75, 3.05) is 6.54 Å². The largest absolute Gasteiger partial charge is 0.362 e. The minimum Gasteiger partial charge on any atom is -0.362 e. The molecule has 3 rings (SSSR count). The van der Waals surface area contributed by atoms with Gasteiger partial charge >= 0.3 is 0 Å². The molecule has 1 heterocycles. The molecule has 0 aromatic heterocycles. The van der Waals surface area contributed by atoms with Crippen LogP contribution in [0.2, 0.25) is 0 Å². The third-order valence-electron chi connectivity index (χ3n) is 4.36. The van der Waals surface area contributed by atoms with Gasteiger partial charge in [-0.3, -0.25) is 4.99 Å². The van der Waals surface area contributed by atoms with Crippen LogP contribution in [0, 0.1) is 5.41 Å². The maximum Gasteiger partial charge on any atom is 0.157 e. The van der Waals surface area contributed by atoms with Crippen molar-refractivity contribution in [1.29, 1.82) is 0 Å².